The molecular weight excluding hydrogens is 428 g/mol. The average Bonchev–Trinajstić information content (AvgIpc) is 2.77. The van der Waals surface area contributed by atoms with Gasteiger partial charge in [-0.3, -0.25) is 14.4 Å². The fourth-order valence-electron chi connectivity index (χ4n) is 4.40. The largest absolute Gasteiger partial charge is 0.468 e. The SMILES string of the molecule is CC(C)NC(=O)CCOC(=O)C1CC2CC(CC/C(N)=N/NN)CCC2CN1.CCOC=O. The Morgan fingerprint density at radius 1 is 1.21 bits per heavy atom. The molecule has 1 amide bonds. The summed E-state index contributed by atoms with van der Waals surface area (Å²) in [6.07, 6.45) is 6.19. The highest BCUT2D eigenvalue weighted by Crippen LogP contribution is 2.40. The lowest BCUT2D eigenvalue weighted by molar-refractivity contribution is -0.148. The lowest BCUT2D eigenvalue weighted by atomic mass is 9.69. The second-order valence-corrected chi connectivity index (χ2v) is 8.86. The van der Waals surface area contributed by atoms with Crippen molar-refractivity contribution in [2.24, 2.45) is 34.4 Å². The van der Waals surface area contributed by atoms with E-state index >= 15 is 0 Å². The number of hydrazone groups is 1. The summed E-state index contributed by atoms with van der Waals surface area (Å²) >= 11 is 0. The Balaban J connectivity index is 0.000000981. The first kappa shape index (κ1) is 28.6. The molecule has 1 saturated heterocycles. The predicted molar refractivity (Wildman–Crippen MR) is 125 cm³/mol. The number of fused-ring (bicyclic) bond motifs is 1. The summed E-state index contributed by atoms with van der Waals surface area (Å²) < 4.78 is 9.49. The number of amidine groups is 1. The van der Waals surface area contributed by atoms with E-state index in [4.69, 9.17) is 16.3 Å². The number of carbonyl (C=O) groups excluding carboxylic acids is 3. The number of hydrazine groups is 1. The zero-order valence-corrected chi connectivity index (χ0v) is 20.2. The van der Waals surface area contributed by atoms with Crippen molar-refractivity contribution in [2.75, 3.05) is 19.8 Å². The van der Waals surface area contributed by atoms with Crippen LogP contribution in [-0.2, 0) is 23.9 Å². The summed E-state index contributed by atoms with van der Waals surface area (Å²) in [5.74, 6) is 7.07. The first-order valence-electron chi connectivity index (χ1n) is 11.8. The summed E-state index contributed by atoms with van der Waals surface area (Å²) in [4.78, 5) is 33.2. The van der Waals surface area contributed by atoms with Crippen molar-refractivity contribution in [3.63, 3.8) is 0 Å². The van der Waals surface area contributed by atoms with Gasteiger partial charge >= 0.3 is 5.97 Å². The van der Waals surface area contributed by atoms with E-state index in [1.165, 1.54) is 12.8 Å². The van der Waals surface area contributed by atoms with Crippen molar-refractivity contribution in [1.82, 2.24) is 16.2 Å². The molecule has 1 heterocycles. The standard InChI is InChI=1S/C19H36N6O3.C3H6O2/c1-12(2)23-18(26)7-8-28-19(27)16-10-15-9-13(3-5-14(15)11-22-16)4-6-17(20)24-25-21;1-2-5-3-4/h12-16,22,25H,3-11,21H2,1-2H3,(H2,20,24)(H,23,26);3H,2H2,1H3. The molecule has 0 aromatic carbocycles. The Hall–Kier alpha value is -2.40. The van der Waals surface area contributed by atoms with E-state index in [9.17, 15) is 14.4 Å². The van der Waals surface area contributed by atoms with Gasteiger partial charge in [-0.1, -0.05) is 6.42 Å². The molecule has 33 heavy (non-hydrogen) atoms. The quantitative estimate of drug-likeness (QED) is 0.0721. The van der Waals surface area contributed by atoms with Crippen LogP contribution in [-0.4, -0.2) is 56.0 Å². The molecule has 190 valence electrons. The summed E-state index contributed by atoms with van der Waals surface area (Å²) in [7, 11) is 0. The van der Waals surface area contributed by atoms with Crippen LogP contribution in [0.3, 0.4) is 0 Å². The minimum atomic E-state index is -0.277. The number of piperidine rings is 1. The van der Waals surface area contributed by atoms with Gasteiger partial charge in [0.25, 0.3) is 6.47 Å². The second-order valence-electron chi connectivity index (χ2n) is 8.86. The first-order chi connectivity index (χ1) is 15.8. The molecule has 0 bridgehead atoms. The van der Waals surface area contributed by atoms with E-state index in [1.807, 2.05) is 13.8 Å². The van der Waals surface area contributed by atoms with Gasteiger partial charge in [-0.25, -0.2) is 11.4 Å². The third kappa shape index (κ3) is 11.9. The van der Waals surface area contributed by atoms with Crippen molar-refractivity contribution in [3.05, 3.63) is 0 Å². The number of hydrogen-bond acceptors (Lipinski definition) is 9. The number of rotatable bonds is 11. The van der Waals surface area contributed by atoms with Gasteiger partial charge in [0.05, 0.1) is 13.0 Å². The molecule has 0 aromatic heterocycles. The molecule has 2 fully saturated rings. The molecule has 0 spiro atoms. The Kier molecular flexibility index (Phi) is 14.1. The second kappa shape index (κ2) is 16.2. The molecular formula is C22H42N6O5. The first-order valence-corrected chi connectivity index (χ1v) is 11.8. The number of nitrogens with two attached hydrogens (primary N) is 2. The highest BCUT2D eigenvalue weighted by Gasteiger charge is 2.38. The van der Waals surface area contributed by atoms with Crippen LogP contribution >= 0.6 is 0 Å². The number of esters is 1. The highest BCUT2D eigenvalue weighted by molar-refractivity contribution is 5.80. The highest BCUT2D eigenvalue weighted by atomic mass is 16.5. The smallest absolute Gasteiger partial charge is 0.323 e. The Morgan fingerprint density at radius 3 is 2.58 bits per heavy atom. The van der Waals surface area contributed by atoms with Gasteiger partial charge in [-0.05, 0) is 70.8 Å². The molecule has 7 N–H and O–H groups in total. The summed E-state index contributed by atoms with van der Waals surface area (Å²) in [6, 6.07) is -0.186. The number of amides is 1. The van der Waals surface area contributed by atoms with Crippen molar-refractivity contribution < 1.29 is 23.9 Å². The monoisotopic (exact) mass is 470 g/mol. The molecule has 2 aliphatic rings. The van der Waals surface area contributed by atoms with Gasteiger partial charge in [-0.15, -0.1) is 0 Å². The molecule has 11 nitrogen and oxygen atoms in total. The normalized spacial score (nSPS) is 24.6. The van der Waals surface area contributed by atoms with Crippen LogP contribution in [0.2, 0.25) is 0 Å². The van der Waals surface area contributed by atoms with Crippen LogP contribution < -0.4 is 27.7 Å². The van der Waals surface area contributed by atoms with Gasteiger partial charge < -0.3 is 25.8 Å². The fourth-order valence-corrected chi connectivity index (χ4v) is 4.40. The zero-order valence-electron chi connectivity index (χ0n) is 20.2. The van der Waals surface area contributed by atoms with Crippen LogP contribution in [0.4, 0.5) is 0 Å². The fraction of sp³-hybridized carbons (Fsp3) is 0.818. The van der Waals surface area contributed by atoms with E-state index in [-0.39, 0.29) is 37.0 Å². The van der Waals surface area contributed by atoms with E-state index < -0.39 is 0 Å². The van der Waals surface area contributed by atoms with Crippen molar-refractivity contribution in [1.29, 1.82) is 0 Å². The van der Waals surface area contributed by atoms with Gasteiger partial charge in [-0.2, -0.15) is 5.10 Å². The number of hydrogen-bond donors (Lipinski definition) is 5. The molecule has 0 aromatic rings. The minimum Gasteiger partial charge on any atom is -0.468 e. The lowest BCUT2D eigenvalue weighted by Crippen LogP contribution is -2.50. The van der Waals surface area contributed by atoms with Crippen molar-refractivity contribution >= 4 is 24.2 Å². The van der Waals surface area contributed by atoms with E-state index in [2.05, 4.69) is 26.0 Å². The van der Waals surface area contributed by atoms with Gasteiger partial charge in [0, 0.05) is 12.5 Å². The van der Waals surface area contributed by atoms with Gasteiger partial charge in [0.15, 0.2) is 0 Å². The van der Waals surface area contributed by atoms with Gasteiger partial charge in [0.2, 0.25) is 5.91 Å². The van der Waals surface area contributed by atoms with Crippen molar-refractivity contribution in [2.45, 2.75) is 77.8 Å². The Labute approximate surface area is 196 Å². The van der Waals surface area contributed by atoms with Crippen LogP contribution in [0.25, 0.3) is 0 Å². The molecule has 1 saturated carbocycles. The van der Waals surface area contributed by atoms with Crippen molar-refractivity contribution in [3.8, 4) is 0 Å². The van der Waals surface area contributed by atoms with Crippen LogP contribution in [0.1, 0.15) is 65.7 Å². The summed E-state index contributed by atoms with van der Waals surface area (Å²) in [6.45, 7) is 7.45. The van der Waals surface area contributed by atoms with Crippen LogP contribution in [0.15, 0.2) is 5.10 Å². The maximum atomic E-state index is 12.4. The van der Waals surface area contributed by atoms with Crippen LogP contribution in [0.5, 0.6) is 0 Å². The summed E-state index contributed by atoms with van der Waals surface area (Å²) in [5, 5.41) is 9.93. The average molecular weight is 471 g/mol. The molecule has 4 atom stereocenters. The minimum absolute atomic E-state index is 0.0904. The number of ether oxygens (including phenoxy) is 2. The Bertz CT molecular complexity index is 630. The van der Waals surface area contributed by atoms with Crippen LogP contribution in [0, 0.1) is 17.8 Å². The van der Waals surface area contributed by atoms with E-state index in [0.717, 1.165) is 32.2 Å². The number of nitrogens with zero attached hydrogens (tertiary/aromatic N) is 1. The summed E-state index contributed by atoms with van der Waals surface area (Å²) in [5.41, 5.74) is 8.03. The number of carbonyl (C=O) groups is 3. The molecule has 1 aliphatic heterocycles. The lowest BCUT2D eigenvalue weighted by Gasteiger charge is -2.42. The maximum absolute atomic E-state index is 12.4. The zero-order chi connectivity index (χ0) is 24.6. The predicted octanol–water partition coefficient (Wildman–Crippen LogP) is 0.534. The van der Waals surface area contributed by atoms with Gasteiger partial charge in [0.1, 0.15) is 18.5 Å². The third-order valence-corrected chi connectivity index (χ3v) is 5.97. The topological polar surface area (TPSA) is 170 Å². The molecule has 0 radical (unpaired) electrons. The maximum Gasteiger partial charge on any atom is 0.323 e. The van der Waals surface area contributed by atoms with E-state index in [1.54, 1.807) is 6.92 Å². The van der Waals surface area contributed by atoms with E-state index in [0.29, 0.717) is 36.7 Å². The molecule has 4 unspecified atom stereocenters. The Morgan fingerprint density at radius 2 is 1.97 bits per heavy atom. The number of nitrogens with one attached hydrogen (secondary N) is 3. The molecule has 11 heteroatoms. The molecule has 1 aliphatic carbocycles. The third-order valence-electron chi connectivity index (χ3n) is 5.97. The molecule has 2 rings (SSSR count).